The molecule has 0 bridgehead atoms. The average molecular weight is 306 g/mol. The van der Waals surface area contributed by atoms with Crippen molar-refractivity contribution in [2.75, 3.05) is 27.2 Å². The molecule has 0 aliphatic rings. The summed E-state index contributed by atoms with van der Waals surface area (Å²) in [6.45, 7) is 5.68. The molecule has 0 aromatic carbocycles. The molecule has 5 nitrogen and oxygen atoms in total. The van der Waals surface area contributed by atoms with Crippen molar-refractivity contribution < 1.29 is 4.79 Å². The highest BCUT2D eigenvalue weighted by molar-refractivity contribution is 5.73. The van der Waals surface area contributed by atoms with Gasteiger partial charge >= 0.3 is 6.03 Å². The topological polar surface area (TPSA) is 57.3 Å². The zero-order valence-corrected chi connectivity index (χ0v) is 14.3. The molecule has 0 aliphatic carbocycles. The molecule has 1 heterocycles. The average Bonchev–Trinajstić information content (AvgIpc) is 2.52. The van der Waals surface area contributed by atoms with Crippen molar-refractivity contribution in [1.82, 2.24) is 20.5 Å². The van der Waals surface area contributed by atoms with Crippen LogP contribution in [0.15, 0.2) is 24.4 Å². The third-order valence-electron chi connectivity index (χ3n) is 4.12. The lowest BCUT2D eigenvalue weighted by molar-refractivity contribution is 0.191. The molecular formula is C17H30N4O. The van der Waals surface area contributed by atoms with Gasteiger partial charge in [0.1, 0.15) is 0 Å². The molecule has 2 N–H and O–H groups in total. The second-order valence-corrected chi connectivity index (χ2v) is 5.82. The number of hydrogen-bond donors (Lipinski definition) is 2. The molecule has 0 aliphatic heterocycles. The predicted molar refractivity (Wildman–Crippen MR) is 90.9 cm³/mol. The van der Waals surface area contributed by atoms with E-state index in [0.717, 1.165) is 25.0 Å². The Hall–Kier alpha value is -1.62. The lowest BCUT2D eigenvalue weighted by atomic mass is 9.93. The van der Waals surface area contributed by atoms with Crippen LogP contribution in [0.5, 0.6) is 0 Å². The zero-order chi connectivity index (χ0) is 16.4. The van der Waals surface area contributed by atoms with Crippen LogP contribution in [-0.2, 0) is 6.42 Å². The van der Waals surface area contributed by atoms with Crippen LogP contribution >= 0.6 is 0 Å². The summed E-state index contributed by atoms with van der Waals surface area (Å²) in [5.74, 6) is 0.601. The zero-order valence-electron chi connectivity index (χ0n) is 14.3. The molecule has 1 aromatic rings. The summed E-state index contributed by atoms with van der Waals surface area (Å²) in [7, 11) is 4.15. The summed E-state index contributed by atoms with van der Waals surface area (Å²) >= 11 is 0. The van der Waals surface area contributed by atoms with Gasteiger partial charge in [-0.1, -0.05) is 32.8 Å². The fraction of sp³-hybridized carbons (Fsp3) is 0.647. The van der Waals surface area contributed by atoms with Gasteiger partial charge in [-0.05, 0) is 32.1 Å². The first-order valence-electron chi connectivity index (χ1n) is 8.16. The molecule has 0 radical (unpaired) electrons. The van der Waals surface area contributed by atoms with Crippen molar-refractivity contribution >= 4 is 6.03 Å². The van der Waals surface area contributed by atoms with Crippen LogP contribution in [0, 0.1) is 5.92 Å². The SMILES string of the molecule is CCC(CC)[C@H](CNC(=O)NCCc1ccccn1)N(C)C. The molecule has 1 rings (SSSR count). The minimum absolute atomic E-state index is 0.103. The normalized spacial score (nSPS) is 12.5. The molecule has 1 aromatic heterocycles. The van der Waals surface area contributed by atoms with Crippen LogP contribution < -0.4 is 10.6 Å². The van der Waals surface area contributed by atoms with Crippen LogP contribution in [0.3, 0.4) is 0 Å². The third kappa shape index (κ3) is 6.43. The maximum atomic E-state index is 11.9. The highest BCUT2D eigenvalue weighted by Crippen LogP contribution is 2.16. The largest absolute Gasteiger partial charge is 0.338 e. The van der Waals surface area contributed by atoms with Crippen LogP contribution in [0.2, 0.25) is 0 Å². The Morgan fingerprint density at radius 3 is 2.50 bits per heavy atom. The summed E-state index contributed by atoms with van der Waals surface area (Å²) < 4.78 is 0. The van der Waals surface area contributed by atoms with Gasteiger partial charge < -0.3 is 15.5 Å². The number of nitrogens with zero attached hydrogens (tertiary/aromatic N) is 2. The molecular weight excluding hydrogens is 276 g/mol. The predicted octanol–water partition coefficient (Wildman–Crippen LogP) is 2.29. The Morgan fingerprint density at radius 1 is 1.23 bits per heavy atom. The number of pyridine rings is 1. The van der Waals surface area contributed by atoms with E-state index in [-0.39, 0.29) is 6.03 Å². The highest BCUT2D eigenvalue weighted by Gasteiger charge is 2.20. The molecule has 0 fully saturated rings. The molecule has 0 saturated carbocycles. The summed E-state index contributed by atoms with van der Waals surface area (Å²) in [5.41, 5.74) is 0.992. The van der Waals surface area contributed by atoms with Gasteiger partial charge in [0.15, 0.2) is 0 Å². The van der Waals surface area contributed by atoms with Crippen molar-refractivity contribution in [2.45, 2.75) is 39.2 Å². The van der Waals surface area contributed by atoms with Crippen molar-refractivity contribution in [2.24, 2.45) is 5.92 Å². The van der Waals surface area contributed by atoms with Crippen LogP contribution in [0.25, 0.3) is 0 Å². The van der Waals surface area contributed by atoms with E-state index >= 15 is 0 Å². The molecule has 5 heteroatoms. The number of aromatic nitrogens is 1. The third-order valence-corrected chi connectivity index (χ3v) is 4.12. The van der Waals surface area contributed by atoms with Crippen molar-refractivity contribution in [3.63, 3.8) is 0 Å². The smallest absolute Gasteiger partial charge is 0.314 e. The lowest BCUT2D eigenvalue weighted by Crippen LogP contribution is -2.47. The lowest BCUT2D eigenvalue weighted by Gasteiger charge is -2.31. The van der Waals surface area contributed by atoms with Gasteiger partial charge in [-0.25, -0.2) is 4.79 Å². The van der Waals surface area contributed by atoms with E-state index in [2.05, 4.69) is 48.5 Å². The highest BCUT2D eigenvalue weighted by atomic mass is 16.2. The van der Waals surface area contributed by atoms with Gasteiger partial charge in [0.05, 0.1) is 0 Å². The number of hydrogen-bond acceptors (Lipinski definition) is 3. The van der Waals surface area contributed by atoms with Crippen molar-refractivity contribution in [3.8, 4) is 0 Å². The van der Waals surface area contributed by atoms with Crippen LogP contribution in [0.4, 0.5) is 4.79 Å². The minimum atomic E-state index is -0.103. The summed E-state index contributed by atoms with van der Waals surface area (Å²) in [5, 5.41) is 5.88. The standard InChI is InChI=1S/C17H30N4O/c1-5-14(6-2)16(21(3)4)13-20-17(22)19-12-10-15-9-7-8-11-18-15/h7-9,11,14,16H,5-6,10,12-13H2,1-4H3,(H2,19,20,22)/t16-/m0/s1. The Labute approximate surface area is 134 Å². The van der Waals surface area contributed by atoms with E-state index in [1.807, 2.05) is 18.2 Å². The van der Waals surface area contributed by atoms with Gasteiger partial charge in [-0.2, -0.15) is 0 Å². The van der Waals surface area contributed by atoms with E-state index in [9.17, 15) is 4.79 Å². The minimum Gasteiger partial charge on any atom is -0.338 e. The number of nitrogens with one attached hydrogen (secondary N) is 2. The molecule has 124 valence electrons. The Bertz CT molecular complexity index is 418. The van der Waals surface area contributed by atoms with Crippen molar-refractivity contribution in [3.05, 3.63) is 30.1 Å². The van der Waals surface area contributed by atoms with E-state index in [0.29, 0.717) is 25.0 Å². The molecule has 0 saturated heterocycles. The Morgan fingerprint density at radius 2 is 1.95 bits per heavy atom. The second kappa shape index (κ2) is 10.2. The van der Waals surface area contributed by atoms with E-state index in [4.69, 9.17) is 0 Å². The summed E-state index contributed by atoms with van der Waals surface area (Å²) in [4.78, 5) is 18.3. The van der Waals surface area contributed by atoms with Gasteiger partial charge in [0.25, 0.3) is 0 Å². The monoisotopic (exact) mass is 306 g/mol. The molecule has 0 unspecified atom stereocenters. The quantitative estimate of drug-likeness (QED) is 0.736. The number of carbonyl (C=O) groups excluding carboxylic acids is 1. The summed E-state index contributed by atoms with van der Waals surface area (Å²) in [6, 6.07) is 6.09. The fourth-order valence-corrected chi connectivity index (χ4v) is 2.71. The summed E-state index contributed by atoms with van der Waals surface area (Å²) in [6.07, 6.45) is 4.77. The Kier molecular flexibility index (Phi) is 8.51. The molecule has 0 spiro atoms. The maximum Gasteiger partial charge on any atom is 0.314 e. The molecule has 1 atom stereocenters. The van der Waals surface area contributed by atoms with Gasteiger partial charge in [0, 0.05) is 37.4 Å². The molecule has 22 heavy (non-hydrogen) atoms. The van der Waals surface area contributed by atoms with E-state index < -0.39 is 0 Å². The Balaban J connectivity index is 2.31. The number of amides is 2. The number of urea groups is 1. The van der Waals surface area contributed by atoms with Crippen LogP contribution in [-0.4, -0.2) is 49.1 Å². The van der Waals surface area contributed by atoms with Crippen LogP contribution in [0.1, 0.15) is 32.4 Å². The molecule has 2 amide bonds. The maximum absolute atomic E-state index is 11.9. The first-order chi connectivity index (χ1) is 10.6. The number of carbonyl (C=O) groups is 1. The fourth-order valence-electron chi connectivity index (χ4n) is 2.71. The number of rotatable bonds is 9. The van der Waals surface area contributed by atoms with Gasteiger partial charge in [-0.15, -0.1) is 0 Å². The van der Waals surface area contributed by atoms with Gasteiger partial charge in [-0.3, -0.25) is 4.98 Å². The van der Waals surface area contributed by atoms with Crippen molar-refractivity contribution in [1.29, 1.82) is 0 Å². The van der Waals surface area contributed by atoms with E-state index in [1.165, 1.54) is 0 Å². The number of likely N-dealkylation sites (N-methyl/N-ethyl adjacent to an activating group) is 1. The first kappa shape index (κ1) is 18.4. The first-order valence-corrected chi connectivity index (χ1v) is 8.16. The van der Waals surface area contributed by atoms with E-state index in [1.54, 1.807) is 6.20 Å². The van der Waals surface area contributed by atoms with Gasteiger partial charge in [0.2, 0.25) is 0 Å². The second-order valence-electron chi connectivity index (χ2n) is 5.82.